The molecule has 2 aromatic rings. The van der Waals surface area contributed by atoms with Crippen LogP contribution in [0.2, 0.25) is 0 Å². The molecule has 0 atom stereocenters. The summed E-state index contributed by atoms with van der Waals surface area (Å²) in [6.45, 7) is 7.75. The van der Waals surface area contributed by atoms with Gasteiger partial charge in [0.2, 0.25) is 0 Å². The summed E-state index contributed by atoms with van der Waals surface area (Å²) in [7, 11) is 0. The molecule has 0 unspecified atom stereocenters. The molecule has 1 saturated heterocycles. The van der Waals surface area contributed by atoms with E-state index in [-0.39, 0.29) is 0 Å². The van der Waals surface area contributed by atoms with Crippen LogP contribution in [0.15, 0.2) is 48.5 Å². The highest BCUT2D eigenvalue weighted by Gasteiger charge is 2.17. The van der Waals surface area contributed by atoms with Gasteiger partial charge in [-0.05, 0) is 64.9 Å². The van der Waals surface area contributed by atoms with Gasteiger partial charge in [-0.1, -0.05) is 24.3 Å². The van der Waals surface area contributed by atoms with E-state index in [0.717, 1.165) is 32.7 Å². The van der Waals surface area contributed by atoms with Crippen molar-refractivity contribution in [2.75, 3.05) is 31.1 Å². The van der Waals surface area contributed by atoms with Crippen LogP contribution in [0.5, 0.6) is 0 Å². The van der Waals surface area contributed by atoms with Crippen LogP contribution in [0.25, 0.3) is 0 Å². The fraction of sp³-hybridized carbons (Fsp3) is 0.333. The Bertz CT molecular complexity index is 586. The van der Waals surface area contributed by atoms with Crippen molar-refractivity contribution >= 4 is 28.3 Å². The van der Waals surface area contributed by atoms with Gasteiger partial charge in [-0.2, -0.15) is 0 Å². The normalized spacial score (nSPS) is 16.2. The minimum absolute atomic E-state index is 1.07. The zero-order valence-electron chi connectivity index (χ0n) is 12.4. The van der Waals surface area contributed by atoms with Gasteiger partial charge in [0.1, 0.15) is 0 Å². The topological polar surface area (TPSA) is 6.48 Å². The highest BCUT2D eigenvalue weighted by atomic mass is 127. The van der Waals surface area contributed by atoms with E-state index in [9.17, 15) is 0 Å². The molecule has 0 spiro atoms. The second-order valence-corrected chi connectivity index (χ2v) is 6.97. The van der Waals surface area contributed by atoms with E-state index in [4.69, 9.17) is 0 Å². The zero-order chi connectivity index (χ0) is 14.7. The SMILES string of the molecule is Cc1cccc(N2CCN(Cc3ccc(I)cc3)CC2)c1. The monoisotopic (exact) mass is 392 g/mol. The molecule has 0 aromatic heterocycles. The summed E-state index contributed by atoms with van der Waals surface area (Å²) in [4.78, 5) is 5.05. The summed E-state index contributed by atoms with van der Waals surface area (Å²) in [5.41, 5.74) is 4.12. The third-order valence-electron chi connectivity index (χ3n) is 4.06. The van der Waals surface area contributed by atoms with E-state index in [1.807, 2.05) is 0 Å². The van der Waals surface area contributed by atoms with Crippen molar-refractivity contribution < 1.29 is 0 Å². The van der Waals surface area contributed by atoms with Gasteiger partial charge in [-0.3, -0.25) is 4.90 Å². The molecule has 0 N–H and O–H groups in total. The summed E-state index contributed by atoms with van der Waals surface area (Å²) < 4.78 is 1.31. The van der Waals surface area contributed by atoms with Gasteiger partial charge in [0.25, 0.3) is 0 Å². The van der Waals surface area contributed by atoms with Crippen molar-refractivity contribution in [1.82, 2.24) is 4.90 Å². The second-order valence-electron chi connectivity index (χ2n) is 5.73. The average molecular weight is 392 g/mol. The van der Waals surface area contributed by atoms with Crippen LogP contribution in [-0.4, -0.2) is 31.1 Å². The van der Waals surface area contributed by atoms with Crippen LogP contribution in [0.3, 0.4) is 0 Å². The lowest BCUT2D eigenvalue weighted by Gasteiger charge is -2.36. The molecule has 110 valence electrons. The first-order valence-electron chi connectivity index (χ1n) is 7.49. The van der Waals surface area contributed by atoms with Crippen LogP contribution >= 0.6 is 22.6 Å². The lowest BCUT2D eigenvalue weighted by Crippen LogP contribution is -2.45. The first kappa shape index (κ1) is 14.9. The molecule has 2 aromatic carbocycles. The molecular weight excluding hydrogens is 371 g/mol. The number of rotatable bonds is 3. The fourth-order valence-electron chi connectivity index (χ4n) is 2.84. The van der Waals surface area contributed by atoms with E-state index in [2.05, 4.69) is 87.8 Å². The van der Waals surface area contributed by atoms with Crippen molar-refractivity contribution in [3.8, 4) is 0 Å². The quantitative estimate of drug-likeness (QED) is 0.731. The Balaban J connectivity index is 1.56. The number of nitrogens with zero attached hydrogens (tertiary/aromatic N) is 2. The Labute approximate surface area is 140 Å². The smallest absolute Gasteiger partial charge is 0.0369 e. The van der Waals surface area contributed by atoms with Gasteiger partial charge in [-0.25, -0.2) is 0 Å². The molecule has 1 aliphatic heterocycles. The van der Waals surface area contributed by atoms with Crippen molar-refractivity contribution in [3.63, 3.8) is 0 Å². The van der Waals surface area contributed by atoms with E-state index in [1.54, 1.807) is 0 Å². The summed E-state index contributed by atoms with van der Waals surface area (Å²) >= 11 is 2.36. The maximum atomic E-state index is 2.55. The molecule has 1 aliphatic rings. The molecule has 21 heavy (non-hydrogen) atoms. The van der Waals surface area contributed by atoms with Crippen molar-refractivity contribution in [3.05, 3.63) is 63.2 Å². The number of hydrogen-bond acceptors (Lipinski definition) is 2. The molecule has 3 heteroatoms. The number of anilines is 1. The molecule has 0 aliphatic carbocycles. The third kappa shape index (κ3) is 3.98. The van der Waals surface area contributed by atoms with Crippen LogP contribution < -0.4 is 4.90 Å². The van der Waals surface area contributed by atoms with E-state index >= 15 is 0 Å². The van der Waals surface area contributed by atoms with E-state index in [0.29, 0.717) is 0 Å². The van der Waals surface area contributed by atoms with Crippen molar-refractivity contribution in [2.24, 2.45) is 0 Å². The van der Waals surface area contributed by atoms with Crippen LogP contribution in [0, 0.1) is 10.5 Å². The van der Waals surface area contributed by atoms with E-state index < -0.39 is 0 Å². The Morgan fingerprint density at radius 3 is 2.33 bits per heavy atom. The first-order valence-corrected chi connectivity index (χ1v) is 8.57. The fourth-order valence-corrected chi connectivity index (χ4v) is 3.20. The van der Waals surface area contributed by atoms with Gasteiger partial charge in [0.05, 0.1) is 0 Å². The second kappa shape index (κ2) is 6.79. The standard InChI is InChI=1S/C18H21IN2/c1-15-3-2-4-18(13-15)21-11-9-20(10-12-21)14-16-5-7-17(19)8-6-16/h2-8,13H,9-12,14H2,1H3. The number of piperazine rings is 1. The van der Waals surface area contributed by atoms with Gasteiger partial charge in [-0.15, -0.1) is 0 Å². The number of halogens is 1. The summed E-state index contributed by atoms with van der Waals surface area (Å²) in [6, 6.07) is 17.7. The highest BCUT2D eigenvalue weighted by molar-refractivity contribution is 14.1. The van der Waals surface area contributed by atoms with Crippen LogP contribution in [0.4, 0.5) is 5.69 Å². The third-order valence-corrected chi connectivity index (χ3v) is 4.78. The summed E-state index contributed by atoms with van der Waals surface area (Å²) in [6.07, 6.45) is 0. The molecule has 0 bridgehead atoms. The van der Waals surface area contributed by atoms with Gasteiger partial charge < -0.3 is 4.90 Å². The molecular formula is C18H21IN2. The van der Waals surface area contributed by atoms with Gasteiger partial charge >= 0.3 is 0 Å². The Morgan fingerprint density at radius 2 is 1.67 bits per heavy atom. The minimum atomic E-state index is 1.07. The first-order chi connectivity index (χ1) is 10.2. The maximum absolute atomic E-state index is 2.55. The lowest BCUT2D eigenvalue weighted by molar-refractivity contribution is 0.250. The molecule has 1 fully saturated rings. The number of hydrogen-bond donors (Lipinski definition) is 0. The van der Waals surface area contributed by atoms with Crippen molar-refractivity contribution in [1.29, 1.82) is 0 Å². The highest BCUT2D eigenvalue weighted by Crippen LogP contribution is 2.18. The minimum Gasteiger partial charge on any atom is -0.369 e. The molecule has 3 rings (SSSR count). The predicted molar refractivity (Wildman–Crippen MR) is 97.8 cm³/mol. The van der Waals surface area contributed by atoms with Gasteiger partial charge in [0, 0.05) is 42.0 Å². The number of aryl methyl sites for hydroxylation is 1. The van der Waals surface area contributed by atoms with Gasteiger partial charge in [0.15, 0.2) is 0 Å². The molecule has 1 heterocycles. The largest absolute Gasteiger partial charge is 0.369 e. The molecule has 2 nitrogen and oxygen atoms in total. The molecule has 0 amide bonds. The lowest BCUT2D eigenvalue weighted by atomic mass is 10.1. The van der Waals surface area contributed by atoms with Crippen LogP contribution in [-0.2, 0) is 6.54 Å². The predicted octanol–water partition coefficient (Wildman–Crippen LogP) is 3.92. The van der Waals surface area contributed by atoms with Crippen LogP contribution in [0.1, 0.15) is 11.1 Å². The summed E-state index contributed by atoms with van der Waals surface area (Å²) in [5.74, 6) is 0. The summed E-state index contributed by atoms with van der Waals surface area (Å²) in [5, 5.41) is 0. The Hall–Kier alpha value is -1.07. The molecule has 0 radical (unpaired) electrons. The number of benzene rings is 2. The molecule has 0 saturated carbocycles. The Morgan fingerprint density at radius 1 is 0.952 bits per heavy atom. The maximum Gasteiger partial charge on any atom is 0.0369 e. The Kier molecular flexibility index (Phi) is 4.80. The van der Waals surface area contributed by atoms with E-state index in [1.165, 1.54) is 20.4 Å². The zero-order valence-corrected chi connectivity index (χ0v) is 14.6. The van der Waals surface area contributed by atoms with Crippen molar-refractivity contribution in [2.45, 2.75) is 13.5 Å². The average Bonchev–Trinajstić information content (AvgIpc) is 2.50.